The van der Waals surface area contributed by atoms with Crippen LogP contribution in [0.3, 0.4) is 0 Å². The molecule has 1 atom stereocenters. The van der Waals surface area contributed by atoms with Gasteiger partial charge in [0.1, 0.15) is 5.82 Å². The van der Waals surface area contributed by atoms with Crippen molar-refractivity contribution in [3.8, 4) is 0 Å². The molecule has 5 rings (SSSR count). The summed E-state index contributed by atoms with van der Waals surface area (Å²) < 4.78 is 70.8. The molecule has 0 aliphatic heterocycles. The third-order valence-electron chi connectivity index (χ3n) is 7.07. The van der Waals surface area contributed by atoms with Crippen LogP contribution in [0.1, 0.15) is 35.4 Å². The van der Waals surface area contributed by atoms with Crippen LogP contribution in [0.4, 0.5) is 24.7 Å². The summed E-state index contributed by atoms with van der Waals surface area (Å²) in [6, 6.07) is 18.3. The first-order chi connectivity index (χ1) is 20.3. The number of anilines is 2. The molecule has 224 valence electrons. The molecule has 43 heavy (non-hydrogen) atoms. The van der Waals surface area contributed by atoms with Crippen molar-refractivity contribution in [3.63, 3.8) is 0 Å². The molecule has 0 bridgehead atoms. The molecule has 1 unspecified atom stereocenters. The van der Waals surface area contributed by atoms with Gasteiger partial charge in [-0.25, -0.2) is 18.2 Å². The quantitative estimate of drug-likeness (QED) is 0.181. The Morgan fingerprint density at radius 3 is 2.47 bits per heavy atom. The van der Waals surface area contributed by atoms with Crippen LogP contribution in [0, 0.1) is 0 Å². The molecule has 1 fully saturated rings. The number of pyridine rings is 1. The van der Waals surface area contributed by atoms with Crippen molar-refractivity contribution in [1.29, 1.82) is 0 Å². The lowest BCUT2D eigenvalue weighted by molar-refractivity contribution is -0.213. The summed E-state index contributed by atoms with van der Waals surface area (Å²) in [5.74, 6) is -3.39. The van der Waals surface area contributed by atoms with Crippen LogP contribution >= 0.6 is 0 Å². The summed E-state index contributed by atoms with van der Waals surface area (Å²) in [6.45, 7) is -0.392. The van der Waals surface area contributed by atoms with Gasteiger partial charge < -0.3 is 21.1 Å². The summed E-state index contributed by atoms with van der Waals surface area (Å²) in [6.07, 6.45) is -1.27. The Kier molecular flexibility index (Phi) is 7.78. The highest BCUT2D eigenvalue weighted by Gasteiger charge is 2.52. The number of amides is 1. The number of esters is 1. The molecule has 0 spiro atoms. The number of aromatic nitrogens is 1. The smallest absolute Gasteiger partial charge is 0.418 e. The lowest BCUT2D eigenvalue weighted by Crippen LogP contribution is -2.54. The van der Waals surface area contributed by atoms with Crippen molar-refractivity contribution in [1.82, 2.24) is 10.3 Å². The van der Waals surface area contributed by atoms with Crippen LogP contribution in [0.25, 0.3) is 10.8 Å². The molecule has 1 heterocycles. The van der Waals surface area contributed by atoms with E-state index >= 15 is 0 Å². The second-order valence-corrected chi connectivity index (χ2v) is 12.3. The summed E-state index contributed by atoms with van der Waals surface area (Å²) in [7, 11) is -3.70. The molecule has 4 N–H and O–H groups in total. The molecular weight excluding hydrogens is 585 g/mol. The molecule has 1 aliphatic rings. The maximum atomic E-state index is 14.1. The molecule has 3 aromatic carbocycles. The van der Waals surface area contributed by atoms with Gasteiger partial charge in [-0.2, -0.15) is 13.2 Å². The first-order valence-corrected chi connectivity index (χ1v) is 15.1. The Labute approximate surface area is 245 Å². The molecule has 1 amide bonds. The SMILES string of the molecule is CS(=O)(=O)c1ccccc1CNC(=O)C(Nc1ccc2c(N)nccc2c1)(OC(=O)C(F)(F)F)c1cccc(C2CC2)c1. The number of ether oxygens (including phenoxy) is 1. The van der Waals surface area contributed by atoms with E-state index in [9.17, 15) is 31.2 Å². The molecule has 9 nitrogen and oxygen atoms in total. The van der Waals surface area contributed by atoms with Crippen LogP contribution in [0.5, 0.6) is 0 Å². The monoisotopic (exact) mass is 612 g/mol. The minimum atomic E-state index is -5.44. The third-order valence-corrected chi connectivity index (χ3v) is 8.26. The van der Waals surface area contributed by atoms with E-state index in [1.807, 2.05) is 0 Å². The summed E-state index contributed by atoms with van der Waals surface area (Å²) in [5.41, 5.74) is 4.25. The maximum absolute atomic E-state index is 14.1. The van der Waals surface area contributed by atoms with E-state index in [4.69, 9.17) is 10.5 Å². The number of carbonyl (C=O) groups excluding carboxylic acids is 2. The number of nitrogens with two attached hydrogens (primary N) is 1. The second kappa shape index (κ2) is 11.2. The molecule has 1 saturated carbocycles. The number of nitrogen functional groups attached to an aromatic ring is 1. The van der Waals surface area contributed by atoms with Gasteiger partial charge in [0.25, 0.3) is 11.6 Å². The van der Waals surface area contributed by atoms with Crippen molar-refractivity contribution in [2.75, 3.05) is 17.3 Å². The fourth-order valence-corrected chi connectivity index (χ4v) is 5.75. The number of nitrogens with zero attached hydrogens (tertiary/aromatic N) is 1. The number of rotatable bonds is 9. The van der Waals surface area contributed by atoms with Crippen molar-refractivity contribution in [2.45, 2.75) is 42.1 Å². The van der Waals surface area contributed by atoms with Crippen LogP contribution < -0.4 is 16.4 Å². The summed E-state index contributed by atoms with van der Waals surface area (Å²) in [4.78, 5) is 30.5. The number of nitrogens with one attached hydrogen (secondary N) is 2. The first-order valence-electron chi connectivity index (χ1n) is 13.2. The number of sulfone groups is 1. The van der Waals surface area contributed by atoms with E-state index < -0.39 is 40.2 Å². The lowest BCUT2D eigenvalue weighted by atomic mass is 9.96. The maximum Gasteiger partial charge on any atom is 0.491 e. The van der Waals surface area contributed by atoms with Gasteiger partial charge in [-0.15, -0.1) is 0 Å². The van der Waals surface area contributed by atoms with E-state index in [1.54, 1.807) is 30.3 Å². The highest BCUT2D eigenvalue weighted by molar-refractivity contribution is 7.90. The average Bonchev–Trinajstić information content (AvgIpc) is 3.81. The summed E-state index contributed by atoms with van der Waals surface area (Å²) >= 11 is 0. The number of halogens is 3. The minimum Gasteiger partial charge on any atom is -0.418 e. The molecule has 1 aliphatic carbocycles. The average molecular weight is 613 g/mol. The zero-order valence-electron chi connectivity index (χ0n) is 22.8. The van der Waals surface area contributed by atoms with E-state index in [-0.39, 0.29) is 33.4 Å². The number of hydrogen-bond acceptors (Lipinski definition) is 8. The zero-order valence-corrected chi connectivity index (χ0v) is 23.6. The zero-order chi connectivity index (χ0) is 31.0. The summed E-state index contributed by atoms with van der Waals surface area (Å²) in [5, 5.41) is 6.37. The third kappa shape index (κ3) is 6.41. The number of alkyl halides is 3. The van der Waals surface area contributed by atoms with Gasteiger partial charge in [0.2, 0.25) is 0 Å². The fraction of sp³-hybridized carbons (Fsp3) is 0.233. The van der Waals surface area contributed by atoms with Crippen LogP contribution in [0.2, 0.25) is 0 Å². The van der Waals surface area contributed by atoms with E-state index in [0.29, 0.717) is 10.8 Å². The van der Waals surface area contributed by atoms with Gasteiger partial charge in [-0.1, -0.05) is 36.4 Å². The second-order valence-electron chi connectivity index (χ2n) is 10.3. The van der Waals surface area contributed by atoms with Crippen molar-refractivity contribution < 1.29 is 35.9 Å². The van der Waals surface area contributed by atoms with Gasteiger partial charge in [-0.05, 0) is 71.7 Å². The van der Waals surface area contributed by atoms with Crippen LogP contribution in [-0.4, -0.2) is 37.7 Å². The molecule has 0 saturated heterocycles. The normalized spacial score (nSPS) is 15.0. The molecule has 13 heteroatoms. The fourth-order valence-electron chi connectivity index (χ4n) is 4.81. The number of hydrogen-bond donors (Lipinski definition) is 3. The van der Waals surface area contributed by atoms with Crippen molar-refractivity contribution >= 4 is 44.0 Å². The Bertz CT molecular complexity index is 1830. The van der Waals surface area contributed by atoms with Gasteiger partial charge in [0.15, 0.2) is 9.84 Å². The number of carbonyl (C=O) groups is 2. The minimum absolute atomic E-state index is 0.0577. The highest BCUT2D eigenvalue weighted by Crippen LogP contribution is 2.42. The molecule has 4 aromatic rings. The highest BCUT2D eigenvalue weighted by atomic mass is 32.2. The predicted octanol–water partition coefficient (Wildman–Crippen LogP) is 4.78. The van der Waals surface area contributed by atoms with Gasteiger partial charge in [-0.3, -0.25) is 4.79 Å². The number of fused-ring (bicyclic) bond motifs is 1. The molecular formula is C30H27F3N4O5S. The predicted molar refractivity (Wildman–Crippen MR) is 153 cm³/mol. The molecule has 1 aromatic heterocycles. The lowest BCUT2D eigenvalue weighted by Gasteiger charge is -2.34. The van der Waals surface area contributed by atoms with Crippen LogP contribution in [0.15, 0.2) is 83.9 Å². The van der Waals surface area contributed by atoms with Crippen LogP contribution in [-0.2, 0) is 36.4 Å². The Morgan fingerprint density at radius 1 is 1.02 bits per heavy atom. The first kappa shape index (κ1) is 29.8. The Hall–Kier alpha value is -4.65. The van der Waals surface area contributed by atoms with Gasteiger partial charge in [0, 0.05) is 35.6 Å². The standard InChI is InChI=1S/C30H27F3N4O5S/c1-43(40,41)25-8-3-2-5-21(25)17-36-27(38)29(42-28(39)30(31,32)33,22-7-4-6-19(15-22)18-9-10-18)37-23-11-12-24-20(16-23)13-14-35-26(24)34/h2-8,11-16,18,37H,9-10,17H2,1H3,(H2,34,35)(H,36,38). The Balaban J connectivity index is 1.63. The largest absolute Gasteiger partial charge is 0.491 e. The van der Waals surface area contributed by atoms with Gasteiger partial charge >= 0.3 is 12.1 Å². The topological polar surface area (TPSA) is 140 Å². The molecule has 0 radical (unpaired) electrons. The number of benzene rings is 3. The van der Waals surface area contributed by atoms with Gasteiger partial charge in [0.05, 0.1) is 4.90 Å². The van der Waals surface area contributed by atoms with Crippen molar-refractivity contribution in [3.05, 3.63) is 95.7 Å². The Morgan fingerprint density at radius 2 is 1.77 bits per heavy atom. The van der Waals surface area contributed by atoms with E-state index in [1.165, 1.54) is 48.7 Å². The van der Waals surface area contributed by atoms with E-state index in [0.717, 1.165) is 24.7 Å². The van der Waals surface area contributed by atoms with E-state index in [2.05, 4.69) is 15.6 Å². The van der Waals surface area contributed by atoms with Crippen molar-refractivity contribution in [2.24, 2.45) is 0 Å².